The van der Waals surface area contributed by atoms with Gasteiger partial charge in [-0.15, -0.1) is 10.2 Å². The minimum Gasteiger partial charge on any atom is -0.382 e. The van der Waals surface area contributed by atoms with E-state index in [1.165, 1.54) is 11.3 Å². The number of hydrogen-bond acceptors (Lipinski definition) is 5. The molecule has 1 amide bonds. The van der Waals surface area contributed by atoms with Crippen LogP contribution in [-0.4, -0.2) is 35.2 Å². The van der Waals surface area contributed by atoms with E-state index in [0.29, 0.717) is 11.7 Å². The van der Waals surface area contributed by atoms with E-state index in [-0.39, 0.29) is 5.91 Å². The van der Waals surface area contributed by atoms with Gasteiger partial charge in [-0.25, -0.2) is 0 Å². The van der Waals surface area contributed by atoms with Crippen LogP contribution in [-0.2, 0) is 0 Å². The van der Waals surface area contributed by atoms with Crippen LogP contribution >= 0.6 is 0 Å². The van der Waals surface area contributed by atoms with Gasteiger partial charge >= 0.3 is 0 Å². The highest BCUT2D eigenvalue weighted by molar-refractivity contribution is 6.02. The lowest BCUT2D eigenvalue weighted by Crippen LogP contribution is -2.39. The fourth-order valence-electron chi connectivity index (χ4n) is 3.56. The van der Waals surface area contributed by atoms with Gasteiger partial charge in [-0.2, -0.15) is 0 Å². The molecule has 0 unspecified atom stereocenters. The van der Waals surface area contributed by atoms with Crippen molar-refractivity contribution < 1.29 is 4.79 Å². The highest BCUT2D eigenvalue weighted by atomic mass is 16.1. The maximum absolute atomic E-state index is 12.3. The zero-order valence-corrected chi connectivity index (χ0v) is 16.5. The Morgan fingerprint density at radius 2 is 1.69 bits per heavy atom. The summed E-state index contributed by atoms with van der Waals surface area (Å²) in [5.74, 6) is 0.562. The first-order chi connectivity index (χ1) is 14.2. The average molecular weight is 387 g/mol. The lowest BCUT2D eigenvalue weighted by atomic mass is 10.0. The molecular formula is C23H25N5O. The smallest absolute Gasteiger partial charge is 0.276 e. The molecule has 4 rings (SSSR count). The van der Waals surface area contributed by atoms with Gasteiger partial charge in [-0.1, -0.05) is 30.3 Å². The Balaban J connectivity index is 1.31. The molecule has 148 valence electrons. The van der Waals surface area contributed by atoms with Gasteiger partial charge in [0.15, 0.2) is 11.5 Å². The lowest BCUT2D eigenvalue weighted by Gasteiger charge is -2.33. The lowest BCUT2D eigenvalue weighted by molar-refractivity contribution is 0.102. The number of nitrogens with one attached hydrogen (secondary N) is 2. The molecule has 1 aromatic heterocycles. The molecule has 3 aromatic rings. The van der Waals surface area contributed by atoms with Gasteiger partial charge in [0.2, 0.25) is 0 Å². The molecule has 0 radical (unpaired) electrons. The van der Waals surface area contributed by atoms with E-state index in [1.807, 2.05) is 36.4 Å². The van der Waals surface area contributed by atoms with Gasteiger partial charge < -0.3 is 15.5 Å². The van der Waals surface area contributed by atoms with Gasteiger partial charge in [0.1, 0.15) is 0 Å². The van der Waals surface area contributed by atoms with Gasteiger partial charge in [0, 0.05) is 30.5 Å². The van der Waals surface area contributed by atoms with E-state index in [1.54, 1.807) is 6.07 Å². The Bertz CT molecular complexity index is 951. The number of aryl methyl sites for hydroxylation is 1. The van der Waals surface area contributed by atoms with Crippen molar-refractivity contribution in [2.45, 2.75) is 25.8 Å². The quantitative estimate of drug-likeness (QED) is 0.689. The molecule has 2 heterocycles. The topological polar surface area (TPSA) is 70.2 Å². The first-order valence-corrected chi connectivity index (χ1v) is 9.96. The molecule has 0 atom stereocenters. The van der Waals surface area contributed by atoms with Crippen molar-refractivity contribution >= 4 is 23.1 Å². The zero-order chi connectivity index (χ0) is 20.1. The van der Waals surface area contributed by atoms with E-state index < -0.39 is 0 Å². The molecule has 0 aliphatic carbocycles. The Kier molecular flexibility index (Phi) is 5.70. The molecule has 2 N–H and O–H groups in total. The van der Waals surface area contributed by atoms with Crippen molar-refractivity contribution in [2.24, 2.45) is 0 Å². The Morgan fingerprint density at radius 3 is 2.38 bits per heavy atom. The van der Waals surface area contributed by atoms with Gasteiger partial charge in [-0.3, -0.25) is 4.79 Å². The number of carbonyl (C=O) groups is 1. The van der Waals surface area contributed by atoms with Crippen molar-refractivity contribution in [3.05, 3.63) is 78.0 Å². The molecule has 6 nitrogen and oxygen atoms in total. The number of para-hydroxylation sites is 1. The molecular weight excluding hydrogens is 362 g/mol. The molecule has 1 aliphatic heterocycles. The zero-order valence-electron chi connectivity index (χ0n) is 16.5. The SMILES string of the molecule is Cc1cccc(NC2CCN(c3ccc(C(=O)Nc4ccccc4)nn3)CC2)c1. The summed E-state index contributed by atoms with van der Waals surface area (Å²) >= 11 is 0. The maximum atomic E-state index is 12.3. The number of aromatic nitrogens is 2. The molecule has 1 saturated heterocycles. The normalized spacial score (nSPS) is 14.4. The summed E-state index contributed by atoms with van der Waals surface area (Å²) < 4.78 is 0. The van der Waals surface area contributed by atoms with Crippen molar-refractivity contribution in [1.29, 1.82) is 0 Å². The van der Waals surface area contributed by atoms with Crippen LogP contribution in [0.3, 0.4) is 0 Å². The van der Waals surface area contributed by atoms with E-state index in [9.17, 15) is 4.79 Å². The van der Waals surface area contributed by atoms with Crippen LogP contribution in [0.5, 0.6) is 0 Å². The maximum Gasteiger partial charge on any atom is 0.276 e. The summed E-state index contributed by atoms with van der Waals surface area (Å²) in [5, 5.41) is 14.9. The largest absolute Gasteiger partial charge is 0.382 e. The third-order valence-corrected chi connectivity index (χ3v) is 5.12. The number of carbonyl (C=O) groups excluding carboxylic acids is 1. The highest BCUT2D eigenvalue weighted by Gasteiger charge is 2.21. The predicted octanol–water partition coefficient (Wildman–Crippen LogP) is 4.12. The fraction of sp³-hybridized carbons (Fsp3) is 0.261. The second-order valence-corrected chi connectivity index (χ2v) is 7.37. The van der Waals surface area contributed by atoms with Crippen LogP contribution in [0.2, 0.25) is 0 Å². The van der Waals surface area contributed by atoms with Gasteiger partial charge in [0.25, 0.3) is 5.91 Å². The van der Waals surface area contributed by atoms with Crippen molar-refractivity contribution in [1.82, 2.24) is 10.2 Å². The highest BCUT2D eigenvalue weighted by Crippen LogP contribution is 2.21. The van der Waals surface area contributed by atoms with Gasteiger partial charge in [0.05, 0.1) is 0 Å². The average Bonchev–Trinajstić information content (AvgIpc) is 2.75. The number of amides is 1. The Morgan fingerprint density at radius 1 is 0.931 bits per heavy atom. The molecule has 6 heteroatoms. The fourth-order valence-corrected chi connectivity index (χ4v) is 3.56. The summed E-state index contributed by atoms with van der Waals surface area (Å²) in [5.41, 5.74) is 3.50. The van der Waals surface area contributed by atoms with Crippen LogP contribution in [0.1, 0.15) is 28.9 Å². The third-order valence-electron chi connectivity index (χ3n) is 5.12. The molecule has 0 saturated carbocycles. The van der Waals surface area contributed by atoms with Crippen molar-refractivity contribution in [2.75, 3.05) is 28.6 Å². The Hall–Kier alpha value is -3.41. The summed E-state index contributed by atoms with van der Waals surface area (Å²) in [7, 11) is 0. The van der Waals surface area contributed by atoms with E-state index in [2.05, 4.69) is 56.9 Å². The van der Waals surface area contributed by atoms with Crippen LogP contribution in [0, 0.1) is 6.92 Å². The molecule has 0 bridgehead atoms. The van der Waals surface area contributed by atoms with E-state index >= 15 is 0 Å². The molecule has 1 aliphatic rings. The van der Waals surface area contributed by atoms with Crippen LogP contribution < -0.4 is 15.5 Å². The number of piperidine rings is 1. The summed E-state index contributed by atoms with van der Waals surface area (Å²) in [6.07, 6.45) is 2.07. The molecule has 1 fully saturated rings. The van der Waals surface area contributed by atoms with Crippen LogP contribution in [0.25, 0.3) is 0 Å². The number of hydrogen-bond donors (Lipinski definition) is 2. The second-order valence-electron chi connectivity index (χ2n) is 7.37. The summed E-state index contributed by atoms with van der Waals surface area (Å²) in [6.45, 7) is 3.93. The monoisotopic (exact) mass is 387 g/mol. The second kappa shape index (κ2) is 8.73. The molecule has 29 heavy (non-hydrogen) atoms. The van der Waals surface area contributed by atoms with Crippen molar-refractivity contribution in [3.63, 3.8) is 0 Å². The number of benzene rings is 2. The summed E-state index contributed by atoms with van der Waals surface area (Å²) in [6, 6.07) is 21.9. The standard InChI is InChI=1S/C23H25N5O/c1-17-6-5-9-20(16-17)24-19-12-14-28(15-13-19)22-11-10-21(26-27-22)23(29)25-18-7-3-2-4-8-18/h2-11,16,19,24H,12-15H2,1H3,(H,25,29). The van der Waals surface area contributed by atoms with E-state index in [4.69, 9.17) is 0 Å². The number of rotatable bonds is 5. The van der Waals surface area contributed by atoms with Crippen LogP contribution in [0.4, 0.5) is 17.2 Å². The molecule has 0 spiro atoms. The first kappa shape index (κ1) is 18.9. The third kappa shape index (κ3) is 4.90. The van der Waals surface area contributed by atoms with Gasteiger partial charge in [-0.05, 0) is 61.7 Å². The predicted molar refractivity (Wildman–Crippen MR) is 116 cm³/mol. The summed E-state index contributed by atoms with van der Waals surface area (Å²) in [4.78, 5) is 14.5. The number of nitrogens with zero attached hydrogens (tertiary/aromatic N) is 3. The minimum atomic E-state index is -0.253. The minimum absolute atomic E-state index is 0.253. The van der Waals surface area contributed by atoms with Crippen LogP contribution in [0.15, 0.2) is 66.7 Å². The molecule has 2 aromatic carbocycles. The van der Waals surface area contributed by atoms with Crippen molar-refractivity contribution in [3.8, 4) is 0 Å². The number of anilines is 3. The Labute approximate surface area is 171 Å². The first-order valence-electron chi connectivity index (χ1n) is 9.96. The van der Waals surface area contributed by atoms with E-state index in [0.717, 1.165) is 37.4 Å².